The number of nitrogens with zero attached hydrogens (tertiary/aromatic N) is 1. The number of likely N-dealkylation sites (tertiary alicyclic amines) is 1. The van der Waals surface area contributed by atoms with E-state index in [9.17, 15) is 4.79 Å². The van der Waals surface area contributed by atoms with Crippen molar-refractivity contribution in [1.29, 1.82) is 0 Å². The maximum atomic E-state index is 12.6. The fourth-order valence-electron chi connectivity index (χ4n) is 3.77. The number of carbonyl (C=O) groups is 1. The van der Waals surface area contributed by atoms with E-state index in [1.807, 2.05) is 0 Å². The molecule has 1 atom stereocenters. The number of thiophene rings is 1. The van der Waals surface area contributed by atoms with Gasteiger partial charge in [-0.3, -0.25) is 9.69 Å². The van der Waals surface area contributed by atoms with Crippen LogP contribution in [0, 0.1) is 0 Å². The summed E-state index contributed by atoms with van der Waals surface area (Å²) in [4.78, 5) is 16.5. The van der Waals surface area contributed by atoms with E-state index < -0.39 is 0 Å². The third-order valence-corrected chi connectivity index (χ3v) is 5.49. The summed E-state index contributed by atoms with van der Waals surface area (Å²) in [5.74, 6) is 0.459. The Morgan fingerprint density at radius 1 is 1.42 bits per heavy atom. The highest BCUT2D eigenvalue weighted by atomic mass is 32.1. The molecule has 0 radical (unpaired) electrons. The Morgan fingerprint density at radius 2 is 2.32 bits per heavy atom. The number of hydrogen-bond acceptors (Lipinski definition) is 3. The quantitative estimate of drug-likeness (QED) is 0.766. The molecule has 1 saturated carbocycles. The van der Waals surface area contributed by atoms with Gasteiger partial charge >= 0.3 is 0 Å². The van der Waals surface area contributed by atoms with Gasteiger partial charge in [-0.15, -0.1) is 11.3 Å². The highest BCUT2D eigenvalue weighted by Gasteiger charge is 2.50. The fourth-order valence-corrected chi connectivity index (χ4v) is 4.49. The zero-order chi connectivity index (χ0) is 13.3. The topological polar surface area (TPSA) is 20.3 Å². The van der Waals surface area contributed by atoms with Crippen LogP contribution in [0.2, 0.25) is 0 Å². The van der Waals surface area contributed by atoms with Crippen molar-refractivity contribution in [3.05, 3.63) is 34.0 Å². The van der Waals surface area contributed by atoms with E-state index in [0.29, 0.717) is 5.78 Å². The molecule has 19 heavy (non-hydrogen) atoms. The highest BCUT2D eigenvalue weighted by molar-refractivity contribution is 7.09. The van der Waals surface area contributed by atoms with Gasteiger partial charge in [0.05, 0.1) is 0 Å². The first-order chi connectivity index (χ1) is 9.27. The van der Waals surface area contributed by atoms with Gasteiger partial charge < -0.3 is 0 Å². The smallest absolute Gasteiger partial charge is 0.157 e. The van der Waals surface area contributed by atoms with E-state index in [1.54, 1.807) is 11.3 Å². The van der Waals surface area contributed by atoms with Crippen molar-refractivity contribution in [3.8, 4) is 0 Å². The van der Waals surface area contributed by atoms with Crippen LogP contribution >= 0.6 is 11.3 Å². The molecule has 2 fully saturated rings. The maximum absolute atomic E-state index is 12.6. The Bertz CT molecular complexity index is 491. The Hall–Kier alpha value is -0.930. The Kier molecular flexibility index (Phi) is 3.59. The first-order valence-electron chi connectivity index (χ1n) is 7.24. The van der Waals surface area contributed by atoms with Gasteiger partial charge in [0.25, 0.3) is 0 Å². The van der Waals surface area contributed by atoms with Crippen LogP contribution in [0.5, 0.6) is 0 Å². The van der Waals surface area contributed by atoms with Crippen LogP contribution in [0.3, 0.4) is 0 Å². The van der Waals surface area contributed by atoms with E-state index in [2.05, 4.69) is 35.4 Å². The molecule has 2 heterocycles. The average Bonchev–Trinajstić information content (AvgIpc) is 3.05. The number of rotatable bonds is 2. The number of hydrogen-bond donors (Lipinski definition) is 0. The van der Waals surface area contributed by atoms with Gasteiger partial charge in [0.15, 0.2) is 5.78 Å². The molecule has 1 unspecified atom stereocenters. The Balaban J connectivity index is 1.93. The first kappa shape index (κ1) is 13.1. The van der Waals surface area contributed by atoms with Crippen molar-refractivity contribution >= 4 is 17.1 Å². The van der Waals surface area contributed by atoms with E-state index in [1.165, 1.54) is 10.5 Å². The molecule has 0 aromatic carbocycles. The molecule has 1 aromatic heterocycles. The second-order valence-corrected chi connectivity index (χ2v) is 6.59. The Morgan fingerprint density at radius 3 is 3.05 bits per heavy atom. The third-order valence-electron chi connectivity index (χ3n) is 4.62. The summed E-state index contributed by atoms with van der Waals surface area (Å²) in [6, 6.07) is 4.28. The molecule has 102 valence electrons. The normalized spacial score (nSPS) is 30.6. The molecule has 2 nitrogen and oxygen atoms in total. The van der Waals surface area contributed by atoms with Crippen molar-refractivity contribution in [2.45, 2.75) is 51.1 Å². The number of allylic oxidation sites excluding steroid dienone is 1. The van der Waals surface area contributed by atoms with Crippen LogP contribution in [0.25, 0.3) is 0 Å². The Labute approximate surface area is 119 Å². The summed E-state index contributed by atoms with van der Waals surface area (Å²) < 4.78 is 0. The van der Waals surface area contributed by atoms with Gasteiger partial charge in [-0.05, 0) is 56.2 Å². The van der Waals surface area contributed by atoms with Crippen LogP contribution in [-0.4, -0.2) is 22.8 Å². The molecule has 1 spiro atoms. The van der Waals surface area contributed by atoms with Crippen LogP contribution in [-0.2, 0) is 11.3 Å². The monoisotopic (exact) mass is 275 g/mol. The summed E-state index contributed by atoms with van der Waals surface area (Å²) in [5.41, 5.74) is 1.12. The summed E-state index contributed by atoms with van der Waals surface area (Å²) in [5, 5.41) is 2.12. The van der Waals surface area contributed by atoms with Crippen LogP contribution < -0.4 is 0 Å². The van der Waals surface area contributed by atoms with E-state index >= 15 is 0 Å². The molecule has 0 amide bonds. The highest BCUT2D eigenvalue weighted by Crippen LogP contribution is 2.43. The van der Waals surface area contributed by atoms with Crippen LogP contribution in [0.15, 0.2) is 29.2 Å². The summed E-state index contributed by atoms with van der Waals surface area (Å²) in [7, 11) is 0. The van der Waals surface area contributed by atoms with Crippen molar-refractivity contribution in [2.24, 2.45) is 0 Å². The van der Waals surface area contributed by atoms with E-state index in [0.717, 1.165) is 45.2 Å². The lowest BCUT2D eigenvalue weighted by molar-refractivity contribution is -0.129. The zero-order valence-electron chi connectivity index (χ0n) is 11.5. The maximum Gasteiger partial charge on any atom is 0.157 e. The molecule has 0 N–H and O–H groups in total. The molecule has 1 aromatic rings. The summed E-state index contributed by atoms with van der Waals surface area (Å²) in [6.45, 7) is 4.08. The minimum Gasteiger partial charge on any atom is -0.297 e. The number of ketones is 1. The van der Waals surface area contributed by atoms with Crippen molar-refractivity contribution < 1.29 is 4.79 Å². The molecule has 1 aliphatic heterocycles. The predicted molar refractivity (Wildman–Crippen MR) is 79.3 cm³/mol. The number of Topliss-reactive ketones (excluding diaryl/α,β-unsaturated/α-hetero) is 1. The average molecular weight is 275 g/mol. The molecule has 2 aliphatic rings. The van der Waals surface area contributed by atoms with Crippen molar-refractivity contribution in [2.75, 3.05) is 6.54 Å². The van der Waals surface area contributed by atoms with Crippen LogP contribution in [0.1, 0.15) is 43.9 Å². The van der Waals surface area contributed by atoms with Gasteiger partial charge in [0, 0.05) is 17.8 Å². The molecule has 1 saturated heterocycles. The second-order valence-electron chi connectivity index (χ2n) is 5.56. The molecular formula is C16H21NOS. The SMILES string of the molecule is C/C=C1\CCCC(=O)C12CCCN2Cc1cccs1. The van der Waals surface area contributed by atoms with Crippen LogP contribution in [0.4, 0.5) is 0 Å². The minimum atomic E-state index is -0.253. The molecule has 1 aliphatic carbocycles. The summed E-state index contributed by atoms with van der Waals surface area (Å²) >= 11 is 1.79. The van der Waals surface area contributed by atoms with Gasteiger partial charge in [-0.1, -0.05) is 12.1 Å². The standard InChI is InChI=1S/C16H21NOS/c1-2-13-6-3-8-15(18)16(13)9-5-10-17(16)12-14-7-4-11-19-14/h2,4,7,11H,3,5-6,8-10,12H2,1H3/b13-2+. The lowest BCUT2D eigenvalue weighted by Gasteiger charge is -2.42. The lowest BCUT2D eigenvalue weighted by Crippen LogP contribution is -2.53. The minimum absolute atomic E-state index is 0.253. The van der Waals surface area contributed by atoms with Crippen molar-refractivity contribution in [3.63, 3.8) is 0 Å². The molecule has 0 bridgehead atoms. The van der Waals surface area contributed by atoms with E-state index in [4.69, 9.17) is 0 Å². The van der Waals surface area contributed by atoms with E-state index in [-0.39, 0.29) is 5.54 Å². The lowest BCUT2D eigenvalue weighted by atomic mass is 9.74. The first-order valence-corrected chi connectivity index (χ1v) is 8.12. The fraction of sp³-hybridized carbons (Fsp3) is 0.562. The van der Waals surface area contributed by atoms with Gasteiger partial charge in [0.2, 0.25) is 0 Å². The third kappa shape index (κ3) is 2.09. The second kappa shape index (κ2) is 5.22. The van der Waals surface area contributed by atoms with Gasteiger partial charge in [-0.2, -0.15) is 0 Å². The number of carbonyl (C=O) groups excluding carboxylic acids is 1. The van der Waals surface area contributed by atoms with Crippen molar-refractivity contribution in [1.82, 2.24) is 4.90 Å². The zero-order valence-corrected chi connectivity index (χ0v) is 12.3. The largest absolute Gasteiger partial charge is 0.297 e. The molecule has 3 rings (SSSR count). The summed E-state index contributed by atoms with van der Waals surface area (Å²) in [6.07, 6.45) is 7.27. The molecule has 3 heteroatoms. The predicted octanol–water partition coefficient (Wildman–Crippen LogP) is 3.78. The van der Waals surface area contributed by atoms with Gasteiger partial charge in [0.1, 0.15) is 5.54 Å². The van der Waals surface area contributed by atoms with Gasteiger partial charge in [-0.25, -0.2) is 0 Å². The molecular weight excluding hydrogens is 254 g/mol.